The summed E-state index contributed by atoms with van der Waals surface area (Å²) in [6, 6.07) is 0.231. The van der Waals surface area contributed by atoms with Crippen LogP contribution in [0.2, 0.25) is 0 Å². The Bertz CT molecular complexity index is 128. The van der Waals surface area contributed by atoms with Crippen LogP contribution in [-0.2, 0) is 0 Å². The van der Waals surface area contributed by atoms with Crippen LogP contribution in [0.1, 0.15) is 26.7 Å². The van der Waals surface area contributed by atoms with Gasteiger partial charge in [-0.25, -0.2) is 4.74 Å². The van der Waals surface area contributed by atoms with E-state index < -0.39 is 0 Å². The predicted molar refractivity (Wildman–Crippen MR) is 33.0 cm³/mol. The minimum Gasteiger partial charge on any atom is -0.624 e. The van der Waals surface area contributed by atoms with Crippen molar-refractivity contribution in [3.8, 4) is 0 Å². The molecule has 0 aliphatic carbocycles. The molecule has 1 rings (SSSR count). The van der Waals surface area contributed by atoms with Crippen LogP contribution in [0.4, 0.5) is 0 Å². The average Bonchev–Trinajstić information content (AvgIpc) is 1.98. The summed E-state index contributed by atoms with van der Waals surface area (Å²) in [5, 5.41) is 10.8. The van der Waals surface area contributed by atoms with Gasteiger partial charge in [0.1, 0.15) is 0 Å². The third-order valence-corrected chi connectivity index (χ3v) is 1.70. The smallest absolute Gasteiger partial charge is 0.160 e. The first-order chi connectivity index (χ1) is 3.72. The molecule has 0 saturated carbocycles. The second-order valence-electron chi connectivity index (χ2n) is 2.45. The number of nitrogens with zero attached hydrogens (tertiary/aromatic N) is 1. The molecule has 8 heavy (non-hydrogen) atoms. The molecule has 0 saturated heterocycles. The molecule has 2 nitrogen and oxygen atoms in total. The highest BCUT2D eigenvalue weighted by Gasteiger charge is 2.20. The largest absolute Gasteiger partial charge is 0.624 e. The van der Waals surface area contributed by atoms with Crippen LogP contribution >= 0.6 is 0 Å². The topological polar surface area (TPSA) is 26.1 Å². The number of hydroxylamine groups is 1. The summed E-state index contributed by atoms with van der Waals surface area (Å²) in [5.74, 6) is 0. The highest BCUT2D eigenvalue weighted by Crippen LogP contribution is 2.10. The summed E-state index contributed by atoms with van der Waals surface area (Å²) < 4.78 is 1.11. The molecular formula is C6H11NO. The molecule has 0 fully saturated rings. The van der Waals surface area contributed by atoms with E-state index in [1.165, 1.54) is 0 Å². The van der Waals surface area contributed by atoms with Crippen LogP contribution in [0.5, 0.6) is 0 Å². The molecule has 1 aliphatic rings. The maximum atomic E-state index is 10.8. The summed E-state index contributed by atoms with van der Waals surface area (Å²) in [6.07, 6.45) is 2.03. The quantitative estimate of drug-likeness (QED) is 0.341. The fourth-order valence-corrected chi connectivity index (χ4v) is 1.02. The Morgan fingerprint density at radius 1 is 1.75 bits per heavy atom. The normalized spacial score (nSPS) is 29.5. The van der Waals surface area contributed by atoms with Crippen LogP contribution in [-0.4, -0.2) is 16.5 Å². The molecule has 0 spiro atoms. The number of hydrogen-bond donors (Lipinski definition) is 0. The van der Waals surface area contributed by atoms with E-state index in [2.05, 4.69) is 0 Å². The Morgan fingerprint density at radius 2 is 2.38 bits per heavy atom. The number of rotatable bonds is 0. The van der Waals surface area contributed by atoms with Crippen LogP contribution in [0.25, 0.3) is 0 Å². The van der Waals surface area contributed by atoms with Gasteiger partial charge in [0.2, 0.25) is 0 Å². The molecule has 0 aromatic carbocycles. The molecule has 1 aliphatic heterocycles. The zero-order chi connectivity index (χ0) is 6.15. The molecular weight excluding hydrogens is 102 g/mol. The van der Waals surface area contributed by atoms with Gasteiger partial charge in [-0.1, -0.05) is 0 Å². The molecule has 0 bridgehead atoms. The minimum absolute atomic E-state index is 0.231. The third-order valence-electron chi connectivity index (χ3n) is 1.70. The summed E-state index contributed by atoms with van der Waals surface area (Å²) in [7, 11) is 0. The summed E-state index contributed by atoms with van der Waals surface area (Å²) >= 11 is 0. The van der Waals surface area contributed by atoms with E-state index >= 15 is 0 Å². The van der Waals surface area contributed by atoms with Crippen LogP contribution in [0, 0.1) is 5.21 Å². The highest BCUT2D eigenvalue weighted by atomic mass is 16.5. The Balaban J connectivity index is 2.71. The molecule has 46 valence electrons. The zero-order valence-corrected chi connectivity index (χ0v) is 5.35. The molecule has 1 heterocycles. The van der Waals surface area contributed by atoms with Gasteiger partial charge in [0.05, 0.1) is 0 Å². The van der Waals surface area contributed by atoms with Gasteiger partial charge < -0.3 is 5.21 Å². The van der Waals surface area contributed by atoms with Gasteiger partial charge >= 0.3 is 0 Å². The predicted octanol–water partition coefficient (Wildman–Crippen LogP) is 1.14. The van der Waals surface area contributed by atoms with E-state index in [1.807, 2.05) is 13.8 Å². The van der Waals surface area contributed by atoms with E-state index in [-0.39, 0.29) is 6.04 Å². The Labute approximate surface area is 49.4 Å². The van der Waals surface area contributed by atoms with E-state index in [0.29, 0.717) is 0 Å². The van der Waals surface area contributed by atoms with Gasteiger partial charge in [0.15, 0.2) is 11.8 Å². The van der Waals surface area contributed by atoms with E-state index in [0.717, 1.165) is 23.3 Å². The van der Waals surface area contributed by atoms with Crippen LogP contribution < -0.4 is 0 Å². The van der Waals surface area contributed by atoms with Crippen molar-refractivity contribution in [1.82, 2.24) is 0 Å². The first-order valence-electron chi connectivity index (χ1n) is 3.00. The Kier molecular flexibility index (Phi) is 1.24. The summed E-state index contributed by atoms with van der Waals surface area (Å²) in [4.78, 5) is 0. The van der Waals surface area contributed by atoms with Crippen molar-refractivity contribution in [1.29, 1.82) is 0 Å². The maximum absolute atomic E-state index is 10.8. The molecule has 2 heteroatoms. The van der Waals surface area contributed by atoms with E-state index in [9.17, 15) is 5.21 Å². The van der Waals surface area contributed by atoms with Gasteiger partial charge in [0.25, 0.3) is 0 Å². The lowest BCUT2D eigenvalue weighted by atomic mass is 10.2. The van der Waals surface area contributed by atoms with Crippen LogP contribution in [0.3, 0.4) is 0 Å². The first kappa shape index (κ1) is 5.60. The molecule has 0 amide bonds. The summed E-state index contributed by atoms with van der Waals surface area (Å²) in [5.41, 5.74) is 0.984. The van der Waals surface area contributed by atoms with Crippen molar-refractivity contribution >= 4 is 5.71 Å². The molecule has 0 aromatic rings. The molecule has 0 N–H and O–H groups in total. The van der Waals surface area contributed by atoms with Crippen molar-refractivity contribution in [2.75, 3.05) is 0 Å². The molecule has 1 unspecified atom stereocenters. The third kappa shape index (κ3) is 0.703. The zero-order valence-electron chi connectivity index (χ0n) is 5.35. The van der Waals surface area contributed by atoms with E-state index in [1.54, 1.807) is 0 Å². The maximum Gasteiger partial charge on any atom is 0.160 e. The Hall–Kier alpha value is -0.530. The van der Waals surface area contributed by atoms with Crippen molar-refractivity contribution in [2.45, 2.75) is 32.7 Å². The second-order valence-corrected chi connectivity index (χ2v) is 2.45. The monoisotopic (exact) mass is 113 g/mol. The van der Waals surface area contributed by atoms with Crippen molar-refractivity contribution in [2.24, 2.45) is 0 Å². The Morgan fingerprint density at radius 3 is 2.50 bits per heavy atom. The standard InChI is InChI=1S/C6H11NO/c1-5-3-4-6(2)7(5)8/h5H,3-4H2,1-2H3. The first-order valence-corrected chi connectivity index (χ1v) is 3.00. The van der Waals surface area contributed by atoms with Gasteiger partial charge in [-0.2, -0.15) is 0 Å². The van der Waals surface area contributed by atoms with Crippen LogP contribution in [0.15, 0.2) is 0 Å². The second kappa shape index (κ2) is 1.77. The fourth-order valence-electron chi connectivity index (χ4n) is 1.02. The lowest BCUT2D eigenvalue weighted by molar-refractivity contribution is -0.487. The van der Waals surface area contributed by atoms with E-state index in [4.69, 9.17) is 0 Å². The minimum atomic E-state index is 0.231. The molecule has 0 aromatic heterocycles. The number of hydrogen-bond acceptors (Lipinski definition) is 1. The highest BCUT2D eigenvalue weighted by molar-refractivity contribution is 5.78. The van der Waals surface area contributed by atoms with Gasteiger partial charge in [-0.05, 0) is 6.92 Å². The van der Waals surface area contributed by atoms with Gasteiger partial charge in [0, 0.05) is 19.8 Å². The SMILES string of the molecule is CC1=[N+]([O-])C(C)CC1. The lowest BCUT2D eigenvalue weighted by Crippen LogP contribution is -2.13. The lowest BCUT2D eigenvalue weighted by Gasteiger charge is -2.03. The van der Waals surface area contributed by atoms with Crippen molar-refractivity contribution in [3.63, 3.8) is 0 Å². The summed E-state index contributed by atoms with van der Waals surface area (Å²) in [6.45, 7) is 3.86. The average molecular weight is 113 g/mol. The van der Waals surface area contributed by atoms with Crippen molar-refractivity contribution in [3.05, 3.63) is 5.21 Å². The van der Waals surface area contributed by atoms with Gasteiger partial charge in [-0.15, -0.1) is 0 Å². The van der Waals surface area contributed by atoms with Crippen molar-refractivity contribution < 1.29 is 4.74 Å². The molecule has 1 atom stereocenters. The van der Waals surface area contributed by atoms with Gasteiger partial charge in [-0.3, -0.25) is 0 Å². The fraction of sp³-hybridized carbons (Fsp3) is 0.833. The molecule has 0 radical (unpaired) electrons.